The number of Topliss-reactive ketones (excluding diaryl/α,β-unsaturated/α-hetero) is 1. The molecule has 2 heterocycles. The van der Waals surface area contributed by atoms with Gasteiger partial charge in [0, 0.05) is 28.3 Å². The summed E-state index contributed by atoms with van der Waals surface area (Å²) in [6, 6.07) is 8.83. The summed E-state index contributed by atoms with van der Waals surface area (Å²) >= 11 is 11.7. The third-order valence-corrected chi connectivity index (χ3v) is 7.10. The average Bonchev–Trinajstić information content (AvgIpc) is 2.77. The number of aromatic nitrogens is 1. The smallest absolute Gasteiger partial charge is 0.165 e. The number of benzene rings is 1. The van der Waals surface area contributed by atoms with Crippen LogP contribution in [0.2, 0.25) is 5.02 Å². The fraction of sp³-hybridized carbons (Fsp3) is 0.458. The summed E-state index contributed by atoms with van der Waals surface area (Å²) in [7, 11) is 0. The van der Waals surface area contributed by atoms with Crippen LogP contribution >= 0.6 is 23.8 Å². The van der Waals surface area contributed by atoms with Gasteiger partial charge >= 0.3 is 0 Å². The molecule has 1 aromatic carbocycles. The molecule has 180 valence electrons. The lowest BCUT2D eigenvalue weighted by Crippen LogP contribution is -2.57. The Morgan fingerprint density at radius 1 is 1.15 bits per heavy atom. The summed E-state index contributed by atoms with van der Waals surface area (Å²) in [6.45, 7) is 3.23. The number of nitrogens with zero attached hydrogens (tertiary/aromatic N) is 2. The number of ketones is 1. The maximum atomic E-state index is 13.5. The minimum atomic E-state index is -1.64. The van der Waals surface area contributed by atoms with Crippen molar-refractivity contribution >= 4 is 29.6 Å². The Bertz CT molecular complexity index is 1230. The second-order valence-corrected chi connectivity index (χ2v) is 10.3. The Balaban J connectivity index is 2.06. The average molecular weight is 505 g/mol. The summed E-state index contributed by atoms with van der Waals surface area (Å²) in [6.07, 6.45) is -6.71. The molecule has 34 heavy (non-hydrogen) atoms. The molecule has 1 saturated heterocycles. The quantitative estimate of drug-likeness (QED) is 0.468. The van der Waals surface area contributed by atoms with E-state index in [1.54, 1.807) is 24.3 Å². The van der Waals surface area contributed by atoms with Crippen molar-refractivity contribution in [3.05, 3.63) is 50.7 Å². The first-order valence-electron chi connectivity index (χ1n) is 10.8. The topological polar surface area (TPSA) is 136 Å². The predicted molar refractivity (Wildman–Crippen MR) is 126 cm³/mol. The van der Waals surface area contributed by atoms with Crippen molar-refractivity contribution in [2.45, 2.75) is 57.3 Å². The van der Waals surface area contributed by atoms with E-state index >= 15 is 0 Å². The molecule has 0 bridgehead atoms. The van der Waals surface area contributed by atoms with E-state index < -0.39 is 42.7 Å². The molecule has 0 saturated carbocycles. The number of halogens is 1. The van der Waals surface area contributed by atoms with Gasteiger partial charge in [0.15, 0.2) is 12.0 Å². The predicted octanol–water partition coefficient (Wildman–Crippen LogP) is 2.54. The molecule has 0 radical (unpaired) electrons. The first-order chi connectivity index (χ1) is 16.0. The molecule has 1 aliphatic carbocycles. The minimum absolute atomic E-state index is 0.0148. The lowest BCUT2D eigenvalue weighted by Gasteiger charge is -2.43. The highest BCUT2D eigenvalue weighted by Gasteiger charge is 2.46. The van der Waals surface area contributed by atoms with Gasteiger partial charge in [0.1, 0.15) is 35.1 Å². The molecule has 4 rings (SSSR count). The van der Waals surface area contributed by atoms with Crippen molar-refractivity contribution in [3.8, 4) is 17.2 Å². The van der Waals surface area contributed by atoms with Crippen molar-refractivity contribution in [1.29, 1.82) is 5.26 Å². The van der Waals surface area contributed by atoms with Gasteiger partial charge in [0.25, 0.3) is 0 Å². The van der Waals surface area contributed by atoms with Crippen molar-refractivity contribution in [2.75, 3.05) is 6.61 Å². The van der Waals surface area contributed by atoms with Gasteiger partial charge in [-0.25, -0.2) is 0 Å². The van der Waals surface area contributed by atoms with Crippen LogP contribution in [0.4, 0.5) is 0 Å². The van der Waals surface area contributed by atoms with Crippen molar-refractivity contribution in [3.63, 3.8) is 0 Å². The van der Waals surface area contributed by atoms with Gasteiger partial charge < -0.3 is 29.7 Å². The van der Waals surface area contributed by atoms with E-state index in [-0.39, 0.29) is 22.4 Å². The number of ether oxygens (including phenoxy) is 1. The summed E-state index contributed by atoms with van der Waals surface area (Å²) < 4.78 is 7.18. The number of carbonyl (C=O) groups excluding carboxylic acids is 1. The van der Waals surface area contributed by atoms with Crippen LogP contribution in [-0.2, 0) is 11.2 Å². The molecule has 1 aromatic heterocycles. The summed E-state index contributed by atoms with van der Waals surface area (Å²) in [4.78, 5) is 13.5. The van der Waals surface area contributed by atoms with Crippen LogP contribution < -0.4 is 0 Å². The van der Waals surface area contributed by atoms with E-state index in [4.69, 9.17) is 28.6 Å². The molecule has 1 fully saturated rings. The zero-order valence-electron chi connectivity index (χ0n) is 18.6. The third kappa shape index (κ3) is 4.10. The Labute approximate surface area is 206 Å². The zero-order valence-corrected chi connectivity index (χ0v) is 20.2. The summed E-state index contributed by atoms with van der Waals surface area (Å²) in [5.41, 5.74) is 1.33. The lowest BCUT2D eigenvalue weighted by molar-refractivity contribution is -0.252. The van der Waals surface area contributed by atoms with E-state index in [2.05, 4.69) is 6.07 Å². The number of hydrogen-bond donors (Lipinski definition) is 4. The Hall–Kier alpha value is -2.16. The highest BCUT2D eigenvalue weighted by molar-refractivity contribution is 7.71. The van der Waals surface area contributed by atoms with Crippen LogP contribution in [0.5, 0.6) is 0 Å². The SMILES string of the molecule is CC1(C)CC(=O)c2c(-c3ccc(Cl)cc3)c(C#N)c(=S)n([C@@H]3O[C@H](CO)[C@@H](O)[C@H](O)[C@H]3O)c2C1. The second-order valence-electron chi connectivity index (χ2n) is 9.53. The van der Waals surface area contributed by atoms with Gasteiger partial charge in [0.2, 0.25) is 0 Å². The molecule has 8 nitrogen and oxygen atoms in total. The van der Waals surface area contributed by atoms with Crippen LogP contribution in [0, 0.1) is 21.4 Å². The van der Waals surface area contributed by atoms with Crippen LogP contribution in [0.3, 0.4) is 0 Å². The number of hydrogen-bond acceptors (Lipinski definition) is 8. The molecule has 5 atom stereocenters. The molecule has 10 heteroatoms. The number of aliphatic hydroxyl groups is 4. The van der Waals surface area contributed by atoms with Gasteiger partial charge in [-0.3, -0.25) is 4.79 Å². The number of aliphatic hydroxyl groups excluding tert-OH is 4. The Morgan fingerprint density at radius 3 is 2.38 bits per heavy atom. The van der Waals surface area contributed by atoms with Crippen LogP contribution in [0.15, 0.2) is 24.3 Å². The molecular formula is C24H25ClN2O6S. The monoisotopic (exact) mass is 504 g/mol. The first kappa shape index (κ1) is 24.9. The highest BCUT2D eigenvalue weighted by atomic mass is 35.5. The largest absolute Gasteiger partial charge is 0.394 e. The van der Waals surface area contributed by atoms with E-state index in [0.717, 1.165) is 0 Å². The number of rotatable bonds is 3. The standard InChI is InChI=1S/C24H25ClN2O6S/c1-24(2)7-14-18(15(29)8-24)17(11-3-5-12(25)6-4-11)13(9-26)23(34)27(14)22-21(32)20(31)19(30)16(10-28)33-22/h3-6,16,19-22,28,30-32H,7-8,10H2,1-2H3/t16-,19-,20+,21-,22-/m1/s1. The fourth-order valence-electron chi connectivity index (χ4n) is 4.83. The maximum Gasteiger partial charge on any atom is 0.165 e. The third-order valence-electron chi connectivity index (χ3n) is 6.44. The van der Waals surface area contributed by atoms with E-state index in [1.807, 2.05) is 13.8 Å². The zero-order chi connectivity index (χ0) is 24.9. The maximum absolute atomic E-state index is 13.5. The summed E-state index contributed by atoms with van der Waals surface area (Å²) in [5.74, 6) is -0.193. The Kier molecular flexibility index (Phi) is 6.70. The van der Waals surface area contributed by atoms with E-state index in [9.17, 15) is 30.5 Å². The molecule has 1 aliphatic heterocycles. The van der Waals surface area contributed by atoms with Gasteiger partial charge in [0.05, 0.1) is 12.2 Å². The van der Waals surface area contributed by atoms with Crippen LogP contribution in [0.25, 0.3) is 11.1 Å². The van der Waals surface area contributed by atoms with Gasteiger partial charge in [-0.05, 0) is 29.5 Å². The van der Waals surface area contributed by atoms with Crippen molar-refractivity contribution < 1.29 is 30.0 Å². The number of fused-ring (bicyclic) bond motifs is 1. The van der Waals surface area contributed by atoms with Gasteiger partial charge in [-0.15, -0.1) is 0 Å². The minimum Gasteiger partial charge on any atom is -0.394 e. The van der Waals surface area contributed by atoms with Gasteiger partial charge in [-0.1, -0.05) is 49.8 Å². The second kappa shape index (κ2) is 9.13. The molecular weight excluding hydrogens is 480 g/mol. The Morgan fingerprint density at radius 2 is 1.79 bits per heavy atom. The fourth-order valence-corrected chi connectivity index (χ4v) is 5.31. The molecule has 0 unspecified atom stereocenters. The first-order valence-corrected chi connectivity index (χ1v) is 11.6. The normalized spacial score (nSPS) is 28.3. The molecule has 4 N–H and O–H groups in total. The number of nitriles is 1. The molecule has 0 amide bonds. The number of pyridine rings is 1. The van der Waals surface area contributed by atoms with Crippen LogP contribution in [0.1, 0.15) is 48.1 Å². The van der Waals surface area contributed by atoms with Gasteiger partial charge in [-0.2, -0.15) is 5.26 Å². The lowest BCUT2D eigenvalue weighted by atomic mass is 9.73. The van der Waals surface area contributed by atoms with E-state index in [0.29, 0.717) is 33.8 Å². The molecule has 2 aliphatic rings. The van der Waals surface area contributed by atoms with Crippen molar-refractivity contribution in [2.24, 2.45) is 5.41 Å². The molecule has 2 aromatic rings. The molecule has 0 spiro atoms. The van der Waals surface area contributed by atoms with Crippen molar-refractivity contribution in [1.82, 2.24) is 4.57 Å². The summed E-state index contributed by atoms with van der Waals surface area (Å²) in [5, 5.41) is 51.6. The highest BCUT2D eigenvalue weighted by Crippen LogP contribution is 2.43. The number of carbonyl (C=O) groups is 1. The van der Waals surface area contributed by atoms with E-state index in [1.165, 1.54) is 4.57 Å². The van der Waals surface area contributed by atoms with Crippen LogP contribution in [-0.4, -0.2) is 61.8 Å².